The van der Waals surface area contributed by atoms with Gasteiger partial charge in [-0.3, -0.25) is 0 Å². The molecule has 0 aromatic rings. The predicted molar refractivity (Wildman–Crippen MR) is 56.5 cm³/mol. The van der Waals surface area contributed by atoms with Crippen LogP contribution in [0, 0.1) is 5.41 Å². The molecule has 0 unspecified atom stereocenters. The Hall–Kier alpha value is -0.0400. The van der Waals surface area contributed by atoms with Gasteiger partial charge >= 0.3 is 0 Å². The average molecular weight is 171 g/mol. The summed E-state index contributed by atoms with van der Waals surface area (Å²) in [4.78, 5) is 2.45. The third-order valence-corrected chi connectivity index (χ3v) is 2.59. The molecule has 2 fully saturated rings. The lowest BCUT2D eigenvalue weighted by Crippen LogP contribution is -2.14. The summed E-state index contributed by atoms with van der Waals surface area (Å²) in [6.45, 7) is 10.7. The Bertz CT molecular complexity index is 106. The van der Waals surface area contributed by atoms with Gasteiger partial charge in [0.15, 0.2) is 0 Å². The lowest BCUT2D eigenvalue weighted by Gasteiger charge is -2.05. The van der Waals surface area contributed by atoms with E-state index in [0.29, 0.717) is 0 Å². The van der Waals surface area contributed by atoms with Crippen LogP contribution < -0.4 is 0 Å². The molecule has 1 aliphatic carbocycles. The molecule has 0 aromatic carbocycles. The van der Waals surface area contributed by atoms with Crippen LogP contribution in [-0.2, 0) is 0 Å². The first-order valence-electron chi connectivity index (χ1n) is 5.49. The number of rotatable bonds is 0. The molecule has 0 amide bonds. The molecule has 2 rings (SSSR count). The number of likely N-dealkylation sites (tertiary alicyclic amines) is 1. The number of hydrogen-bond acceptors (Lipinski definition) is 1. The van der Waals surface area contributed by atoms with Crippen LogP contribution in [-0.4, -0.2) is 25.0 Å². The van der Waals surface area contributed by atoms with Crippen LogP contribution in [0.4, 0.5) is 0 Å². The fourth-order valence-corrected chi connectivity index (χ4v) is 1.74. The van der Waals surface area contributed by atoms with E-state index in [-0.39, 0.29) is 0 Å². The maximum atomic E-state index is 2.45. The summed E-state index contributed by atoms with van der Waals surface area (Å²) in [6, 6.07) is 0. The Morgan fingerprint density at radius 3 is 1.58 bits per heavy atom. The van der Waals surface area contributed by atoms with Crippen molar-refractivity contribution >= 4 is 0 Å². The van der Waals surface area contributed by atoms with Gasteiger partial charge in [0.05, 0.1) is 0 Å². The summed E-state index contributed by atoms with van der Waals surface area (Å²) in [6.07, 6.45) is 4.50. The molecule has 74 valence electrons. The molecule has 0 aromatic heterocycles. The Balaban J connectivity index is 0.000000269. The zero-order valence-corrected chi connectivity index (χ0v) is 9.48. The quantitative estimate of drug-likeness (QED) is 0.541. The Morgan fingerprint density at radius 2 is 1.42 bits per heavy atom. The minimum atomic E-state index is 0.842. The highest BCUT2D eigenvalue weighted by atomic mass is 15.1. The molecule has 2 aliphatic rings. The van der Waals surface area contributed by atoms with Crippen LogP contribution in [0.1, 0.15) is 47.0 Å². The minimum Gasteiger partial charge on any atom is -0.306 e. The second-order valence-corrected chi connectivity index (χ2v) is 3.49. The molecular formula is C11H25N. The van der Waals surface area contributed by atoms with Gasteiger partial charge in [-0.25, -0.2) is 0 Å². The highest BCUT2D eigenvalue weighted by molar-refractivity contribution is 4.99. The lowest BCUT2D eigenvalue weighted by atomic mass is 10.1. The molecule has 1 heterocycles. The van der Waals surface area contributed by atoms with Gasteiger partial charge in [0.1, 0.15) is 0 Å². The molecular weight excluding hydrogens is 146 g/mol. The first-order chi connectivity index (χ1) is 5.81. The van der Waals surface area contributed by atoms with E-state index in [9.17, 15) is 0 Å². The van der Waals surface area contributed by atoms with Crippen molar-refractivity contribution in [1.82, 2.24) is 4.90 Å². The summed E-state index contributed by atoms with van der Waals surface area (Å²) >= 11 is 0. The van der Waals surface area contributed by atoms with Gasteiger partial charge in [-0.1, -0.05) is 27.7 Å². The van der Waals surface area contributed by atoms with Gasteiger partial charge in [0.2, 0.25) is 0 Å². The van der Waals surface area contributed by atoms with Crippen molar-refractivity contribution in [2.75, 3.05) is 20.1 Å². The molecule has 0 N–H and O–H groups in total. The first kappa shape index (κ1) is 12.0. The molecule has 1 spiro atoms. The maximum absolute atomic E-state index is 2.45. The first-order valence-corrected chi connectivity index (χ1v) is 5.49. The summed E-state index contributed by atoms with van der Waals surface area (Å²) in [5, 5.41) is 0. The normalized spacial score (nSPS) is 23.8. The summed E-state index contributed by atoms with van der Waals surface area (Å²) in [5.74, 6) is 0. The Labute approximate surface area is 78.1 Å². The smallest absolute Gasteiger partial charge is 0.00354 e. The van der Waals surface area contributed by atoms with E-state index < -0.39 is 0 Å². The van der Waals surface area contributed by atoms with Crippen molar-refractivity contribution in [3.05, 3.63) is 0 Å². The van der Waals surface area contributed by atoms with Gasteiger partial charge in [-0.15, -0.1) is 0 Å². The predicted octanol–water partition coefficient (Wildman–Crippen LogP) is 3.15. The SMILES string of the molecule is CC.CC.CN1CCC2(CC2)C1. The minimum absolute atomic E-state index is 0.842. The van der Waals surface area contributed by atoms with Crippen molar-refractivity contribution in [3.8, 4) is 0 Å². The second-order valence-electron chi connectivity index (χ2n) is 3.49. The highest BCUT2D eigenvalue weighted by Crippen LogP contribution is 2.52. The fourth-order valence-electron chi connectivity index (χ4n) is 1.74. The van der Waals surface area contributed by atoms with Gasteiger partial charge in [0.25, 0.3) is 0 Å². The fraction of sp³-hybridized carbons (Fsp3) is 1.00. The van der Waals surface area contributed by atoms with Crippen molar-refractivity contribution < 1.29 is 0 Å². The third-order valence-electron chi connectivity index (χ3n) is 2.59. The van der Waals surface area contributed by atoms with E-state index in [2.05, 4.69) is 11.9 Å². The van der Waals surface area contributed by atoms with Gasteiger partial charge < -0.3 is 4.90 Å². The molecule has 1 nitrogen and oxygen atoms in total. The van der Waals surface area contributed by atoms with Gasteiger partial charge in [0, 0.05) is 6.54 Å². The molecule has 0 atom stereocenters. The summed E-state index contributed by atoms with van der Waals surface area (Å²) in [5.41, 5.74) is 0.842. The van der Waals surface area contributed by atoms with E-state index in [0.717, 1.165) is 5.41 Å². The van der Waals surface area contributed by atoms with E-state index >= 15 is 0 Å². The van der Waals surface area contributed by atoms with Gasteiger partial charge in [-0.2, -0.15) is 0 Å². The Morgan fingerprint density at radius 1 is 0.917 bits per heavy atom. The van der Waals surface area contributed by atoms with Crippen molar-refractivity contribution in [2.45, 2.75) is 47.0 Å². The molecule has 0 radical (unpaired) electrons. The topological polar surface area (TPSA) is 3.24 Å². The summed E-state index contributed by atoms with van der Waals surface area (Å²) < 4.78 is 0. The van der Waals surface area contributed by atoms with Crippen LogP contribution in [0.2, 0.25) is 0 Å². The molecule has 1 saturated carbocycles. The standard InChI is InChI=1S/C7H13N.2C2H6/c1-8-5-4-7(6-8)2-3-7;2*1-2/h2-6H2,1H3;2*1-2H3. The van der Waals surface area contributed by atoms with E-state index in [1.54, 1.807) is 0 Å². The number of nitrogens with zero attached hydrogens (tertiary/aromatic N) is 1. The highest BCUT2D eigenvalue weighted by Gasteiger charge is 2.46. The van der Waals surface area contributed by atoms with Crippen molar-refractivity contribution in [1.29, 1.82) is 0 Å². The van der Waals surface area contributed by atoms with E-state index in [1.165, 1.54) is 32.4 Å². The average Bonchev–Trinajstić information content (AvgIpc) is 2.79. The maximum Gasteiger partial charge on any atom is 0.00354 e. The van der Waals surface area contributed by atoms with Crippen molar-refractivity contribution in [3.63, 3.8) is 0 Å². The van der Waals surface area contributed by atoms with Crippen LogP contribution in [0.25, 0.3) is 0 Å². The molecule has 1 aliphatic heterocycles. The van der Waals surface area contributed by atoms with E-state index in [1.807, 2.05) is 27.7 Å². The number of hydrogen-bond donors (Lipinski definition) is 0. The third kappa shape index (κ3) is 3.14. The van der Waals surface area contributed by atoms with Gasteiger partial charge in [-0.05, 0) is 38.3 Å². The summed E-state index contributed by atoms with van der Waals surface area (Å²) in [7, 11) is 2.23. The molecule has 0 bridgehead atoms. The van der Waals surface area contributed by atoms with Crippen LogP contribution in [0.5, 0.6) is 0 Å². The zero-order chi connectivity index (χ0) is 9.61. The molecule has 1 heteroatoms. The lowest BCUT2D eigenvalue weighted by molar-refractivity contribution is 0.389. The van der Waals surface area contributed by atoms with E-state index in [4.69, 9.17) is 0 Å². The monoisotopic (exact) mass is 171 g/mol. The van der Waals surface area contributed by atoms with Crippen molar-refractivity contribution in [2.24, 2.45) is 5.41 Å². The largest absolute Gasteiger partial charge is 0.306 e. The van der Waals surface area contributed by atoms with Crippen LogP contribution in [0.3, 0.4) is 0 Å². The molecule has 1 saturated heterocycles. The van der Waals surface area contributed by atoms with Crippen LogP contribution >= 0.6 is 0 Å². The van der Waals surface area contributed by atoms with Crippen LogP contribution in [0.15, 0.2) is 0 Å². The Kier molecular flexibility index (Phi) is 5.56. The molecule has 12 heavy (non-hydrogen) atoms. The second kappa shape index (κ2) is 5.58. The zero-order valence-electron chi connectivity index (χ0n) is 9.48.